The fourth-order valence-electron chi connectivity index (χ4n) is 3.62. The zero-order valence-electron chi connectivity index (χ0n) is 15.8. The van der Waals surface area contributed by atoms with Gasteiger partial charge in [0.25, 0.3) is 5.91 Å². The number of hydrogen-bond donors (Lipinski definition) is 0. The van der Waals surface area contributed by atoms with Crippen LogP contribution in [0.2, 0.25) is 0 Å². The minimum Gasteiger partial charge on any atom is -0.373 e. The molecule has 6 nitrogen and oxygen atoms in total. The molecule has 1 aliphatic rings. The van der Waals surface area contributed by atoms with E-state index in [1.54, 1.807) is 10.9 Å². The molecule has 1 fully saturated rings. The normalized spacial score (nSPS) is 15.4. The van der Waals surface area contributed by atoms with Gasteiger partial charge in [-0.3, -0.25) is 9.48 Å². The number of nitrogens with zero attached hydrogens (tertiary/aromatic N) is 4. The summed E-state index contributed by atoms with van der Waals surface area (Å²) in [6.07, 6.45) is 3.58. The van der Waals surface area contributed by atoms with Crippen molar-refractivity contribution in [2.45, 2.75) is 32.5 Å². The molecule has 3 aromatic rings. The third-order valence-electron chi connectivity index (χ3n) is 5.17. The molecule has 1 amide bonds. The summed E-state index contributed by atoms with van der Waals surface area (Å²) >= 11 is 0. The third kappa shape index (κ3) is 3.71. The minimum atomic E-state index is 0.0363. The van der Waals surface area contributed by atoms with Gasteiger partial charge in [0.2, 0.25) is 0 Å². The number of ether oxygens (including phenoxy) is 1. The van der Waals surface area contributed by atoms with Crippen LogP contribution in [0.25, 0.3) is 11.0 Å². The molecule has 0 aliphatic carbocycles. The number of fused-ring (bicyclic) bond motifs is 1. The number of piperidine rings is 1. The third-order valence-corrected chi connectivity index (χ3v) is 5.17. The number of amides is 1. The predicted octanol–water partition coefficient (Wildman–Crippen LogP) is 3.10. The second-order valence-electron chi connectivity index (χ2n) is 7.09. The average Bonchev–Trinajstić information content (AvgIpc) is 3.00. The second kappa shape index (κ2) is 7.48. The Labute approximate surface area is 158 Å². The molecule has 0 radical (unpaired) electrons. The number of aromatic nitrogens is 3. The fraction of sp³-hybridized carbons (Fsp3) is 0.381. The molecule has 0 spiro atoms. The Morgan fingerprint density at radius 3 is 2.70 bits per heavy atom. The number of benzene rings is 1. The van der Waals surface area contributed by atoms with Gasteiger partial charge in [0, 0.05) is 31.7 Å². The molecule has 2 aromatic heterocycles. The van der Waals surface area contributed by atoms with E-state index in [4.69, 9.17) is 4.74 Å². The van der Waals surface area contributed by atoms with Crippen LogP contribution in [0.1, 0.15) is 34.5 Å². The van der Waals surface area contributed by atoms with Crippen molar-refractivity contribution in [3.63, 3.8) is 0 Å². The Kier molecular flexibility index (Phi) is 4.90. The first-order valence-electron chi connectivity index (χ1n) is 9.36. The molecule has 3 heterocycles. The Bertz CT molecular complexity index is 943. The van der Waals surface area contributed by atoms with E-state index in [9.17, 15) is 4.79 Å². The van der Waals surface area contributed by atoms with E-state index in [0.29, 0.717) is 25.3 Å². The number of carbonyl (C=O) groups is 1. The first-order chi connectivity index (χ1) is 13.1. The molecule has 140 valence electrons. The topological polar surface area (TPSA) is 60.2 Å². The monoisotopic (exact) mass is 364 g/mol. The maximum Gasteiger partial charge on any atom is 0.255 e. The lowest BCUT2D eigenvalue weighted by atomic mass is 10.1. The summed E-state index contributed by atoms with van der Waals surface area (Å²) in [4.78, 5) is 19.2. The van der Waals surface area contributed by atoms with Gasteiger partial charge >= 0.3 is 0 Å². The molecular weight excluding hydrogens is 340 g/mol. The number of carbonyl (C=O) groups excluding carboxylic acids is 1. The Morgan fingerprint density at radius 1 is 1.22 bits per heavy atom. The summed E-state index contributed by atoms with van der Waals surface area (Å²) in [6.45, 7) is 3.98. The van der Waals surface area contributed by atoms with Gasteiger partial charge in [0.15, 0.2) is 5.65 Å². The first kappa shape index (κ1) is 17.7. The van der Waals surface area contributed by atoms with E-state index in [1.165, 1.54) is 5.56 Å². The first-order valence-corrected chi connectivity index (χ1v) is 9.36. The number of likely N-dealkylation sites (tertiary alicyclic amines) is 1. The summed E-state index contributed by atoms with van der Waals surface area (Å²) in [5.41, 5.74) is 3.50. The molecule has 0 unspecified atom stereocenters. The SMILES string of the molecule is Cc1nn(C)c2ncc(C(=O)N3CCC(OCc4ccccc4)CC3)cc12. The molecule has 27 heavy (non-hydrogen) atoms. The highest BCUT2D eigenvalue weighted by Gasteiger charge is 2.25. The van der Waals surface area contributed by atoms with Gasteiger partial charge in [-0.1, -0.05) is 30.3 Å². The van der Waals surface area contributed by atoms with Crippen LogP contribution in [0, 0.1) is 6.92 Å². The van der Waals surface area contributed by atoms with Crippen molar-refractivity contribution in [3.8, 4) is 0 Å². The Balaban J connectivity index is 1.36. The molecule has 4 rings (SSSR count). The molecule has 0 saturated carbocycles. The Hall–Kier alpha value is -2.73. The average molecular weight is 364 g/mol. The fourth-order valence-corrected chi connectivity index (χ4v) is 3.62. The van der Waals surface area contributed by atoms with Crippen LogP contribution >= 0.6 is 0 Å². The van der Waals surface area contributed by atoms with Crippen LogP contribution in [0.3, 0.4) is 0 Å². The van der Waals surface area contributed by atoms with Crippen LogP contribution in [-0.4, -0.2) is 44.8 Å². The molecule has 0 N–H and O–H groups in total. The summed E-state index contributed by atoms with van der Waals surface area (Å²) in [5.74, 6) is 0.0363. The van der Waals surface area contributed by atoms with Crippen molar-refractivity contribution in [2.75, 3.05) is 13.1 Å². The van der Waals surface area contributed by atoms with Crippen molar-refractivity contribution in [3.05, 3.63) is 59.4 Å². The largest absolute Gasteiger partial charge is 0.373 e. The summed E-state index contributed by atoms with van der Waals surface area (Å²) < 4.78 is 7.76. The van der Waals surface area contributed by atoms with Gasteiger partial charge in [0.1, 0.15) is 0 Å². The lowest BCUT2D eigenvalue weighted by Gasteiger charge is -2.32. The van der Waals surface area contributed by atoms with E-state index >= 15 is 0 Å². The van der Waals surface area contributed by atoms with Crippen molar-refractivity contribution < 1.29 is 9.53 Å². The molecule has 1 aromatic carbocycles. The molecular formula is C21H24N4O2. The number of rotatable bonds is 4. The molecule has 1 saturated heterocycles. The number of pyridine rings is 1. The number of hydrogen-bond acceptors (Lipinski definition) is 4. The molecule has 0 bridgehead atoms. The highest BCUT2D eigenvalue weighted by atomic mass is 16.5. The highest BCUT2D eigenvalue weighted by molar-refractivity contribution is 5.97. The van der Waals surface area contributed by atoms with Crippen LogP contribution < -0.4 is 0 Å². The van der Waals surface area contributed by atoms with Crippen LogP contribution in [0.5, 0.6) is 0 Å². The highest BCUT2D eigenvalue weighted by Crippen LogP contribution is 2.21. The molecule has 6 heteroatoms. The number of aryl methyl sites for hydroxylation is 2. The molecule has 0 atom stereocenters. The predicted molar refractivity (Wildman–Crippen MR) is 103 cm³/mol. The van der Waals surface area contributed by atoms with Crippen molar-refractivity contribution in [2.24, 2.45) is 7.05 Å². The van der Waals surface area contributed by atoms with Gasteiger partial charge in [-0.15, -0.1) is 0 Å². The zero-order valence-corrected chi connectivity index (χ0v) is 15.8. The lowest BCUT2D eigenvalue weighted by molar-refractivity contribution is -0.000383. The van der Waals surface area contributed by atoms with Gasteiger partial charge in [0.05, 0.1) is 24.0 Å². The second-order valence-corrected chi connectivity index (χ2v) is 7.09. The lowest BCUT2D eigenvalue weighted by Crippen LogP contribution is -2.40. The quantitative estimate of drug-likeness (QED) is 0.714. The maximum absolute atomic E-state index is 12.9. The van der Waals surface area contributed by atoms with Crippen LogP contribution in [-0.2, 0) is 18.4 Å². The maximum atomic E-state index is 12.9. The van der Waals surface area contributed by atoms with E-state index < -0.39 is 0 Å². The van der Waals surface area contributed by atoms with E-state index in [2.05, 4.69) is 22.2 Å². The van der Waals surface area contributed by atoms with E-state index in [1.807, 2.05) is 43.1 Å². The smallest absolute Gasteiger partial charge is 0.255 e. The van der Waals surface area contributed by atoms with Gasteiger partial charge < -0.3 is 9.64 Å². The van der Waals surface area contributed by atoms with E-state index in [-0.39, 0.29) is 12.0 Å². The summed E-state index contributed by atoms with van der Waals surface area (Å²) in [7, 11) is 1.87. The van der Waals surface area contributed by atoms with Crippen LogP contribution in [0.4, 0.5) is 0 Å². The summed E-state index contributed by atoms with van der Waals surface area (Å²) in [5, 5.41) is 5.31. The summed E-state index contributed by atoms with van der Waals surface area (Å²) in [6, 6.07) is 12.1. The Morgan fingerprint density at radius 2 is 1.96 bits per heavy atom. The van der Waals surface area contributed by atoms with Gasteiger partial charge in [-0.2, -0.15) is 5.10 Å². The van der Waals surface area contributed by atoms with Crippen molar-refractivity contribution >= 4 is 16.9 Å². The van der Waals surface area contributed by atoms with Crippen molar-refractivity contribution in [1.29, 1.82) is 0 Å². The van der Waals surface area contributed by atoms with Crippen LogP contribution in [0.15, 0.2) is 42.6 Å². The van der Waals surface area contributed by atoms with E-state index in [0.717, 1.165) is 29.6 Å². The van der Waals surface area contributed by atoms with Gasteiger partial charge in [-0.25, -0.2) is 4.98 Å². The van der Waals surface area contributed by atoms with Gasteiger partial charge in [-0.05, 0) is 31.4 Å². The standard InChI is InChI=1S/C21H24N4O2/c1-15-19-12-17(13-22-20(19)24(2)23-15)21(26)25-10-8-18(9-11-25)27-14-16-6-4-3-5-7-16/h3-7,12-13,18H,8-11,14H2,1-2H3. The minimum absolute atomic E-state index is 0.0363. The van der Waals surface area contributed by atoms with Crippen molar-refractivity contribution in [1.82, 2.24) is 19.7 Å². The zero-order chi connectivity index (χ0) is 18.8. The molecule has 1 aliphatic heterocycles.